The average Bonchev–Trinajstić information content (AvgIpc) is 2.51. The van der Waals surface area contributed by atoms with Gasteiger partial charge in [0.1, 0.15) is 11.8 Å². The molecule has 8 heteroatoms. The van der Waals surface area contributed by atoms with E-state index in [9.17, 15) is 18.0 Å². The number of nitrogens with zero attached hydrogens (tertiary/aromatic N) is 1. The Morgan fingerprint density at radius 3 is 2.67 bits per heavy atom. The summed E-state index contributed by atoms with van der Waals surface area (Å²) in [5.74, 6) is -1.53. The lowest BCUT2D eigenvalue weighted by molar-refractivity contribution is -0.142. The maximum Gasteiger partial charge on any atom is 0.436 e. The SMILES string of the molecule is NC(Cc1cc(C(F)(F)F)no1)C(=O)O. The number of alkyl halides is 3. The summed E-state index contributed by atoms with van der Waals surface area (Å²) in [4.78, 5) is 10.3. The average molecular weight is 224 g/mol. The minimum atomic E-state index is -4.60. The summed E-state index contributed by atoms with van der Waals surface area (Å²) in [6, 6.07) is -0.679. The van der Waals surface area contributed by atoms with Crippen LogP contribution in [-0.2, 0) is 17.4 Å². The van der Waals surface area contributed by atoms with Crippen LogP contribution in [0, 0.1) is 0 Å². The third kappa shape index (κ3) is 2.94. The maximum absolute atomic E-state index is 12.0. The number of aromatic nitrogens is 1. The lowest BCUT2D eigenvalue weighted by Crippen LogP contribution is -2.32. The molecule has 1 heterocycles. The fourth-order valence-corrected chi connectivity index (χ4v) is 0.847. The smallest absolute Gasteiger partial charge is 0.436 e. The van der Waals surface area contributed by atoms with Gasteiger partial charge in [-0.15, -0.1) is 0 Å². The number of hydrogen-bond acceptors (Lipinski definition) is 4. The van der Waals surface area contributed by atoms with E-state index in [1.54, 1.807) is 0 Å². The van der Waals surface area contributed by atoms with Crippen molar-refractivity contribution in [2.45, 2.75) is 18.6 Å². The number of nitrogens with two attached hydrogens (primary N) is 1. The zero-order valence-electron chi connectivity index (χ0n) is 7.28. The number of hydrogen-bond donors (Lipinski definition) is 2. The van der Waals surface area contributed by atoms with E-state index < -0.39 is 23.9 Å². The molecule has 0 saturated carbocycles. The van der Waals surface area contributed by atoms with Crippen LogP contribution in [0.25, 0.3) is 0 Å². The molecule has 1 atom stereocenters. The number of aliphatic carboxylic acids is 1. The van der Waals surface area contributed by atoms with E-state index in [0.717, 1.165) is 0 Å². The van der Waals surface area contributed by atoms with Crippen LogP contribution in [0.1, 0.15) is 11.5 Å². The molecule has 1 aromatic rings. The molecule has 0 aliphatic carbocycles. The zero-order valence-corrected chi connectivity index (χ0v) is 7.28. The zero-order chi connectivity index (χ0) is 11.6. The summed E-state index contributed by atoms with van der Waals surface area (Å²) in [6.45, 7) is 0. The van der Waals surface area contributed by atoms with Gasteiger partial charge in [-0.25, -0.2) is 0 Å². The minimum absolute atomic E-state index is 0.211. The standard InChI is InChI=1S/C7H7F3N2O3/c8-7(9,10)5-2-3(15-12-5)1-4(11)6(13)14/h2,4H,1,11H2,(H,13,14). The number of halogens is 3. The molecule has 84 valence electrons. The Morgan fingerprint density at radius 1 is 1.67 bits per heavy atom. The molecule has 1 aromatic heterocycles. The van der Waals surface area contributed by atoms with Crippen molar-refractivity contribution in [1.29, 1.82) is 0 Å². The van der Waals surface area contributed by atoms with Gasteiger partial charge in [0.15, 0.2) is 5.69 Å². The molecule has 5 nitrogen and oxygen atoms in total. The van der Waals surface area contributed by atoms with Crippen LogP contribution in [0.4, 0.5) is 13.2 Å². The molecule has 0 saturated heterocycles. The Bertz CT molecular complexity index is 361. The highest BCUT2D eigenvalue weighted by Crippen LogP contribution is 2.28. The Labute approximate surface area is 81.6 Å². The van der Waals surface area contributed by atoms with Gasteiger partial charge in [0.2, 0.25) is 0 Å². The monoisotopic (exact) mass is 224 g/mol. The van der Waals surface area contributed by atoms with Crippen molar-refractivity contribution in [3.8, 4) is 0 Å². The summed E-state index contributed by atoms with van der Waals surface area (Å²) in [7, 11) is 0. The Morgan fingerprint density at radius 2 is 2.27 bits per heavy atom. The fourth-order valence-electron chi connectivity index (χ4n) is 0.847. The van der Waals surface area contributed by atoms with Crippen LogP contribution in [0.5, 0.6) is 0 Å². The van der Waals surface area contributed by atoms with Crippen molar-refractivity contribution in [2.75, 3.05) is 0 Å². The summed E-state index contributed by atoms with van der Waals surface area (Å²) < 4.78 is 40.4. The summed E-state index contributed by atoms with van der Waals surface area (Å²) >= 11 is 0. The highest BCUT2D eigenvalue weighted by atomic mass is 19.4. The van der Waals surface area contributed by atoms with Crippen LogP contribution in [0.3, 0.4) is 0 Å². The highest BCUT2D eigenvalue weighted by molar-refractivity contribution is 5.73. The lowest BCUT2D eigenvalue weighted by atomic mass is 10.2. The van der Waals surface area contributed by atoms with Crippen molar-refractivity contribution < 1.29 is 27.6 Å². The number of carbonyl (C=O) groups is 1. The second-order valence-corrected chi connectivity index (χ2v) is 2.83. The molecule has 3 N–H and O–H groups in total. The molecule has 0 bridgehead atoms. The van der Waals surface area contributed by atoms with E-state index in [4.69, 9.17) is 10.8 Å². The molecule has 0 spiro atoms. The summed E-state index contributed by atoms with van der Waals surface area (Å²) in [5.41, 5.74) is 3.90. The number of rotatable bonds is 3. The molecule has 1 rings (SSSR count). The first-order chi connectivity index (χ1) is 6.80. The Balaban J connectivity index is 2.73. The van der Waals surface area contributed by atoms with Crippen LogP contribution in [0.2, 0.25) is 0 Å². The molecule has 0 amide bonds. The third-order valence-electron chi connectivity index (χ3n) is 1.59. The maximum atomic E-state index is 12.0. The van der Waals surface area contributed by atoms with Gasteiger partial charge in [-0.05, 0) is 0 Å². The Kier molecular flexibility index (Phi) is 2.98. The van der Waals surface area contributed by atoms with Gasteiger partial charge in [0.25, 0.3) is 0 Å². The fraction of sp³-hybridized carbons (Fsp3) is 0.429. The molecule has 0 aliphatic heterocycles. The van der Waals surface area contributed by atoms with Gasteiger partial charge in [0, 0.05) is 12.5 Å². The molecule has 15 heavy (non-hydrogen) atoms. The van der Waals surface area contributed by atoms with E-state index in [2.05, 4.69) is 9.68 Å². The van der Waals surface area contributed by atoms with Gasteiger partial charge in [-0.3, -0.25) is 4.79 Å². The van der Waals surface area contributed by atoms with E-state index in [0.29, 0.717) is 6.07 Å². The van der Waals surface area contributed by atoms with Crippen LogP contribution in [-0.4, -0.2) is 22.3 Å². The minimum Gasteiger partial charge on any atom is -0.480 e. The van der Waals surface area contributed by atoms with Gasteiger partial charge in [-0.1, -0.05) is 5.16 Å². The molecular weight excluding hydrogens is 217 g/mol. The topological polar surface area (TPSA) is 89.4 Å². The molecule has 0 aliphatic rings. The summed E-state index contributed by atoms with van der Waals surface area (Å²) in [6.07, 6.45) is -4.94. The quantitative estimate of drug-likeness (QED) is 0.786. The number of carboxylic acids is 1. The van der Waals surface area contributed by atoms with Gasteiger partial charge in [0.05, 0.1) is 0 Å². The molecule has 1 unspecified atom stereocenters. The largest absolute Gasteiger partial charge is 0.480 e. The van der Waals surface area contributed by atoms with Gasteiger partial charge in [-0.2, -0.15) is 13.2 Å². The van der Waals surface area contributed by atoms with Gasteiger partial charge < -0.3 is 15.4 Å². The normalized spacial score (nSPS) is 13.9. The third-order valence-corrected chi connectivity index (χ3v) is 1.59. The predicted octanol–water partition coefficient (Wildman–Crippen LogP) is 0.648. The first-order valence-electron chi connectivity index (χ1n) is 3.82. The van der Waals surface area contributed by atoms with Crippen molar-refractivity contribution in [3.05, 3.63) is 17.5 Å². The van der Waals surface area contributed by atoms with E-state index in [1.165, 1.54) is 0 Å². The predicted molar refractivity (Wildman–Crippen MR) is 40.8 cm³/mol. The first-order valence-corrected chi connectivity index (χ1v) is 3.82. The van der Waals surface area contributed by atoms with Crippen molar-refractivity contribution in [2.24, 2.45) is 5.73 Å². The summed E-state index contributed by atoms with van der Waals surface area (Å²) in [5, 5.41) is 11.2. The second-order valence-electron chi connectivity index (χ2n) is 2.83. The molecular formula is C7H7F3N2O3. The molecule has 0 fully saturated rings. The van der Waals surface area contributed by atoms with Crippen LogP contribution < -0.4 is 5.73 Å². The highest BCUT2D eigenvalue weighted by Gasteiger charge is 2.35. The second kappa shape index (κ2) is 3.89. The van der Waals surface area contributed by atoms with Crippen molar-refractivity contribution >= 4 is 5.97 Å². The van der Waals surface area contributed by atoms with E-state index in [1.807, 2.05) is 0 Å². The van der Waals surface area contributed by atoms with Crippen molar-refractivity contribution in [3.63, 3.8) is 0 Å². The van der Waals surface area contributed by atoms with Crippen molar-refractivity contribution in [1.82, 2.24) is 5.16 Å². The lowest BCUT2D eigenvalue weighted by Gasteiger charge is -2.01. The molecule has 0 radical (unpaired) electrons. The van der Waals surface area contributed by atoms with Crippen LogP contribution in [0.15, 0.2) is 10.6 Å². The molecule has 0 aromatic carbocycles. The van der Waals surface area contributed by atoms with Gasteiger partial charge >= 0.3 is 12.1 Å². The van der Waals surface area contributed by atoms with Crippen LogP contribution >= 0.6 is 0 Å². The van der Waals surface area contributed by atoms with E-state index >= 15 is 0 Å². The Hall–Kier alpha value is -1.57. The van der Waals surface area contributed by atoms with E-state index in [-0.39, 0.29) is 12.2 Å². The number of carboxylic acid groups (broad SMARTS) is 1. The first kappa shape index (κ1) is 11.5.